The second-order valence-electron chi connectivity index (χ2n) is 5.49. The Hall–Kier alpha value is -1.31. The molecule has 1 aromatic rings. The first-order chi connectivity index (χ1) is 8.01. The van der Waals surface area contributed by atoms with E-state index in [9.17, 15) is 4.79 Å². The van der Waals surface area contributed by atoms with Crippen LogP contribution in [0, 0.1) is 6.92 Å². The Labute approximate surface area is 104 Å². The molecule has 0 bridgehead atoms. The molecule has 0 aromatic heterocycles. The van der Waals surface area contributed by atoms with E-state index < -0.39 is 5.41 Å². The Bertz CT molecular complexity index is 399. The molecule has 1 aliphatic rings. The summed E-state index contributed by atoms with van der Waals surface area (Å²) < 4.78 is 0. The van der Waals surface area contributed by atoms with Gasteiger partial charge in [0, 0.05) is 13.1 Å². The number of hydrogen-bond donors (Lipinski definition) is 0. The lowest BCUT2D eigenvalue weighted by molar-refractivity contribution is -0.135. The third-order valence-electron chi connectivity index (χ3n) is 3.70. The van der Waals surface area contributed by atoms with Gasteiger partial charge in [-0.05, 0) is 39.2 Å². The smallest absolute Gasteiger partial charge is 0.232 e. The summed E-state index contributed by atoms with van der Waals surface area (Å²) in [7, 11) is 0. The predicted octanol–water partition coefficient (Wildman–Crippen LogP) is 2.90. The molecule has 1 fully saturated rings. The second-order valence-corrected chi connectivity index (χ2v) is 5.49. The second kappa shape index (κ2) is 4.52. The molecule has 2 nitrogen and oxygen atoms in total. The van der Waals surface area contributed by atoms with Crippen LogP contribution in [0.25, 0.3) is 0 Å². The Balaban J connectivity index is 2.22. The SMILES string of the molecule is Cc1ccc(C(C)(C)C(=O)N2CCCC2)cc1. The fraction of sp³-hybridized carbons (Fsp3) is 0.533. The van der Waals surface area contributed by atoms with Crippen LogP contribution >= 0.6 is 0 Å². The average molecular weight is 231 g/mol. The number of likely N-dealkylation sites (tertiary alicyclic amines) is 1. The number of aryl methyl sites for hydroxylation is 1. The molecule has 1 heterocycles. The van der Waals surface area contributed by atoms with Crippen molar-refractivity contribution in [2.75, 3.05) is 13.1 Å². The molecule has 17 heavy (non-hydrogen) atoms. The third-order valence-corrected chi connectivity index (χ3v) is 3.70. The Morgan fingerprint density at radius 2 is 1.65 bits per heavy atom. The highest BCUT2D eigenvalue weighted by atomic mass is 16.2. The van der Waals surface area contributed by atoms with Crippen molar-refractivity contribution in [3.8, 4) is 0 Å². The number of rotatable bonds is 2. The molecule has 0 radical (unpaired) electrons. The summed E-state index contributed by atoms with van der Waals surface area (Å²) in [4.78, 5) is 14.5. The first-order valence-corrected chi connectivity index (χ1v) is 6.38. The minimum Gasteiger partial charge on any atom is -0.342 e. The van der Waals surface area contributed by atoms with Gasteiger partial charge in [0.05, 0.1) is 5.41 Å². The van der Waals surface area contributed by atoms with E-state index in [4.69, 9.17) is 0 Å². The van der Waals surface area contributed by atoms with Crippen molar-refractivity contribution in [2.24, 2.45) is 0 Å². The van der Waals surface area contributed by atoms with Crippen LogP contribution in [0.1, 0.15) is 37.8 Å². The Morgan fingerprint density at radius 3 is 2.18 bits per heavy atom. The Kier molecular flexibility index (Phi) is 3.23. The molecule has 0 aliphatic carbocycles. The molecule has 1 saturated heterocycles. The lowest BCUT2D eigenvalue weighted by Crippen LogP contribution is -2.41. The van der Waals surface area contributed by atoms with Crippen molar-refractivity contribution in [1.82, 2.24) is 4.90 Å². The van der Waals surface area contributed by atoms with Gasteiger partial charge in [-0.3, -0.25) is 4.79 Å². The van der Waals surface area contributed by atoms with E-state index in [0.29, 0.717) is 0 Å². The van der Waals surface area contributed by atoms with Crippen LogP contribution in [-0.2, 0) is 10.2 Å². The quantitative estimate of drug-likeness (QED) is 0.766. The summed E-state index contributed by atoms with van der Waals surface area (Å²) in [6.45, 7) is 7.97. The predicted molar refractivity (Wildman–Crippen MR) is 70.0 cm³/mol. The van der Waals surface area contributed by atoms with Gasteiger partial charge in [-0.2, -0.15) is 0 Å². The van der Waals surface area contributed by atoms with Gasteiger partial charge in [0.2, 0.25) is 5.91 Å². The maximum atomic E-state index is 12.5. The molecule has 1 amide bonds. The van der Waals surface area contributed by atoms with Crippen LogP contribution < -0.4 is 0 Å². The summed E-state index contributed by atoms with van der Waals surface area (Å²) in [5.74, 6) is 0.263. The van der Waals surface area contributed by atoms with Gasteiger partial charge in [-0.1, -0.05) is 29.8 Å². The van der Waals surface area contributed by atoms with Crippen molar-refractivity contribution in [1.29, 1.82) is 0 Å². The standard InChI is InChI=1S/C15H21NO/c1-12-6-8-13(9-7-12)15(2,3)14(17)16-10-4-5-11-16/h6-9H,4-5,10-11H2,1-3H3. The topological polar surface area (TPSA) is 20.3 Å². The lowest BCUT2D eigenvalue weighted by atomic mass is 9.83. The number of nitrogens with zero attached hydrogens (tertiary/aromatic N) is 1. The monoisotopic (exact) mass is 231 g/mol. The molecule has 0 saturated carbocycles. The summed E-state index contributed by atoms with van der Waals surface area (Å²) in [6.07, 6.45) is 2.30. The van der Waals surface area contributed by atoms with Crippen LogP contribution in [-0.4, -0.2) is 23.9 Å². The third kappa shape index (κ3) is 2.36. The number of hydrogen-bond acceptors (Lipinski definition) is 1. The number of carbonyl (C=O) groups excluding carboxylic acids is 1. The van der Waals surface area contributed by atoms with E-state index in [-0.39, 0.29) is 5.91 Å². The molecule has 0 N–H and O–H groups in total. The fourth-order valence-corrected chi connectivity index (χ4v) is 2.41. The molecule has 1 aliphatic heterocycles. The van der Waals surface area contributed by atoms with Crippen molar-refractivity contribution >= 4 is 5.91 Å². The Morgan fingerprint density at radius 1 is 1.12 bits per heavy atom. The van der Waals surface area contributed by atoms with E-state index >= 15 is 0 Å². The van der Waals surface area contributed by atoms with Gasteiger partial charge in [-0.15, -0.1) is 0 Å². The normalized spacial score (nSPS) is 16.3. The zero-order valence-electron chi connectivity index (χ0n) is 11.0. The van der Waals surface area contributed by atoms with Crippen LogP contribution in [0.5, 0.6) is 0 Å². The molecule has 0 unspecified atom stereocenters. The van der Waals surface area contributed by atoms with E-state index in [2.05, 4.69) is 31.2 Å². The van der Waals surface area contributed by atoms with E-state index in [1.54, 1.807) is 0 Å². The molecule has 1 aromatic carbocycles. The summed E-state index contributed by atoms with van der Waals surface area (Å²) in [6, 6.07) is 8.30. The average Bonchev–Trinajstić information content (AvgIpc) is 2.82. The maximum Gasteiger partial charge on any atom is 0.232 e. The van der Waals surface area contributed by atoms with Gasteiger partial charge >= 0.3 is 0 Å². The van der Waals surface area contributed by atoms with Crippen molar-refractivity contribution in [3.63, 3.8) is 0 Å². The highest BCUT2D eigenvalue weighted by Gasteiger charge is 2.34. The molecule has 0 atom stereocenters. The number of amides is 1. The van der Waals surface area contributed by atoms with Crippen molar-refractivity contribution in [2.45, 2.75) is 39.0 Å². The summed E-state index contributed by atoms with van der Waals surface area (Å²) >= 11 is 0. The molecular weight excluding hydrogens is 210 g/mol. The summed E-state index contributed by atoms with van der Waals surface area (Å²) in [5.41, 5.74) is 1.94. The van der Waals surface area contributed by atoms with Gasteiger partial charge in [0.25, 0.3) is 0 Å². The highest BCUT2D eigenvalue weighted by molar-refractivity contribution is 5.87. The van der Waals surface area contributed by atoms with Crippen LogP contribution in [0.3, 0.4) is 0 Å². The zero-order chi connectivity index (χ0) is 12.5. The first kappa shape index (κ1) is 12.2. The minimum atomic E-state index is -0.405. The maximum absolute atomic E-state index is 12.5. The summed E-state index contributed by atoms with van der Waals surface area (Å²) in [5, 5.41) is 0. The number of carbonyl (C=O) groups is 1. The van der Waals surface area contributed by atoms with Gasteiger partial charge in [-0.25, -0.2) is 0 Å². The molecule has 0 spiro atoms. The zero-order valence-corrected chi connectivity index (χ0v) is 11.0. The largest absolute Gasteiger partial charge is 0.342 e. The van der Waals surface area contributed by atoms with Crippen LogP contribution in [0.15, 0.2) is 24.3 Å². The first-order valence-electron chi connectivity index (χ1n) is 6.38. The van der Waals surface area contributed by atoms with E-state index in [1.807, 2.05) is 18.7 Å². The molecular formula is C15H21NO. The fourth-order valence-electron chi connectivity index (χ4n) is 2.41. The van der Waals surface area contributed by atoms with Crippen LogP contribution in [0.4, 0.5) is 0 Å². The lowest BCUT2D eigenvalue weighted by Gasteiger charge is -2.29. The number of benzene rings is 1. The van der Waals surface area contributed by atoms with Crippen molar-refractivity contribution in [3.05, 3.63) is 35.4 Å². The van der Waals surface area contributed by atoms with Gasteiger partial charge in [0.1, 0.15) is 0 Å². The minimum absolute atomic E-state index is 0.263. The molecule has 92 valence electrons. The molecule has 2 heteroatoms. The van der Waals surface area contributed by atoms with E-state index in [1.165, 1.54) is 5.56 Å². The highest BCUT2D eigenvalue weighted by Crippen LogP contribution is 2.27. The van der Waals surface area contributed by atoms with Gasteiger partial charge < -0.3 is 4.90 Å². The van der Waals surface area contributed by atoms with Crippen LogP contribution in [0.2, 0.25) is 0 Å². The van der Waals surface area contributed by atoms with Crippen molar-refractivity contribution < 1.29 is 4.79 Å². The molecule has 2 rings (SSSR count). The van der Waals surface area contributed by atoms with E-state index in [0.717, 1.165) is 31.5 Å². The van der Waals surface area contributed by atoms with Gasteiger partial charge in [0.15, 0.2) is 0 Å².